The molecule has 0 N–H and O–H groups in total. The molecule has 7 nitrogen and oxygen atoms in total. The van der Waals surface area contributed by atoms with Crippen molar-refractivity contribution in [2.75, 3.05) is 45.2 Å². The van der Waals surface area contributed by atoms with Gasteiger partial charge < -0.3 is 19.1 Å². The van der Waals surface area contributed by atoms with E-state index >= 15 is 0 Å². The highest BCUT2D eigenvalue weighted by atomic mass is 32.1. The van der Waals surface area contributed by atoms with Crippen LogP contribution >= 0.6 is 11.3 Å². The smallest absolute Gasteiger partial charge is 0.289 e. The maximum Gasteiger partial charge on any atom is 0.289 e. The van der Waals surface area contributed by atoms with Crippen molar-refractivity contribution in [2.24, 2.45) is 0 Å². The predicted octanol–water partition coefficient (Wildman–Crippen LogP) is 3.19. The second kappa shape index (κ2) is 8.00. The number of carbonyl (C=O) groups excluding carboxylic acids is 1. The fourth-order valence-electron chi connectivity index (χ4n) is 4.44. The summed E-state index contributed by atoms with van der Waals surface area (Å²) in [5.41, 5.74) is 1.46. The zero-order valence-electron chi connectivity index (χ0n) is 17.6. The first-order valence-corrected chi connectivity index (χ1v) is 11.5. The molecule has 1 aliphatic carbocycles. The van der Waals surface area contributed by atoms with E-state index in [1.165, 1.54) is 28.7 Å². The Morgan fingerprint density at radius 1 is 1.17 bits per heavy atom. The Morgan fingerprint density at radius 2 is 1.97 bits per heavy atom. The predicted molar refractivity (Wildman–Crippen MR) is 118 cm³/mol. The van der Waals surface area contributed by atoms with E-state index in [4.69, 9.17) is 14.4 Å². The van der Waals surface area contributed by atoms with Crippen LogP contribution < -0.4 is 4.90 Å². The number of fused-ring (bicyclic) bond motifs is 3. The Labute approximate surface area is 180 Å². The van der Waals surface area contributed by atoms with Crippen molar-refractivity contribution in [1.82, 2.24) is 19.8 Å². The number of aryl methyl sites for hydroxylation is 2. The lowest BCUT2D eigenvalue weighted by molar-refractivity contribution is 0.0714. The highest BCUT2D eigenvalue weighted by Gasteiger charge is 2.28. The van der Waals surface area contributed by atoms with Crippen LogP contribution in [0.5, 0.6) is 0 Å². The SMILES string of the molecule is CN(C)Cc1nc(N2CCN(C(=O)c3ccco3)CC2)c2c3c(sc2n1)CCCC3. The molecule has 5 rings (SSSR count). The molecule has 0 radical (unpaired) electrons. The van der Waals surface area contributed by atoms with Crippen LogP contribution in [0.4, 0.5) is 5.82 Å². The van der Waals surface area contributed by atoms with Gasteiger partial charge in [0.15, 0.2) is 5.76 Å². The van der Waals surface area contributed by atoms with Gasteiger partial charge in [-0.15, -0.1) is 11.3 Å². The van der Waals surface area contributed by atoms with E-state index in [1.54, 1.807) is 18.4 Å². The number of rotatable bonds is 4. The summed E-state index contributed by atoms with van der Waals surface area (Å²) in [4.78, 5) is 31.5. The maximum absolute atomic E-state index is 12.6. The van der Waals surface area contributed by atoms with Crippen molar-refractivity contribution in [3.05, 3.63) is 40.4 Å². The van der Waals surface area contributed by atoms with Crippen LogP contribution in [0.15, 0.2) is 22.8 Å². The van der Waals surface area contributed by atoms with E-state index < -0.39 is 0 Å². The molecular formula is C22H27N5O2S. The number of aromatic nitrogens is 2. The molecule has 3 aromatic heterocycles. The van der Waals surface area contributed by atoms with Gasteiger partial charge in [-0.2, -0.15) is 0 Å². The number of hydrogen-bond donors (Lipinski definition) is 0. The van der Waals surface area contributed by atoms with Gasteiger partial charge in [-0.25, -0.2) is 9.97 Å². The minimum atomic E-state index is -0.0336. The number of amides is 1. The fraction of sp³-hybridized carbons (Fsp3) is 0.500. The highest BCUT2D eigenvalue weighted by molar-refractivity contribution is 7.19. The normalized spacial score (nSPS) is 17.0. The molecule has 1 amide bonds. The number of carbonyl (C=O) groups is 1. The number of thiophene rings is 1. The Hall–Kier alpha value is -2.45. The number of piperazine rings is 1. The summed E-state index contributed by atoms with van der Waals surface area (Å²) in [5.74, 6) is 2.30. The molecule has 8 heteroatoms. The third kappa shape index (κ3) is 3.58. The average Bonchev–Trinajstić information content (AvgIpc) is 3.40. The second-order valence-electron chi connectivity index (χ2n) is 8.35. The van der Waals surface area contributed by atoms with Crippen LogP contribution in [-0.4, -0.2) is 65.9 Å². The molecule has 0 bridgehead atoms. The van der Waals surface area contributed by atoms with E-state index in [0.29, 0.717) is 18.8 Å². The lowest BCUT2D eigenvalue weighted by Gasteiger charge is -2.35. The summed E-state index contributed by atoms with van der Waals surface area (Å²) in [6, 6.07) is 3.49. The molecule has 3 aromatic rings. The molecular weight excluding hydrogens is 398 g/mol. The van der Waals surface area contributed by atoms with Crippen LogP contribution in [0.1, 0.15) is 39.7 Å². The fourth-order valence-corrected chi connectivity index (χ4v) is 5.72. The van der Waals surface area contributed by atoms with Gasteiger partial charge in [-0.05, 0) is 57.5 Å². The first-order valence-electron chi connectivity index (χ1n) is 10.6. The minimum Gasteiger partial charge on any atom is -0.459 e. The molecule has 158 valence electrons. The largest absolute Gasteiger partial charge is 0.459 e. The third-order valence-corrected chi connectivity index (χ3v) is 7.08. The second-order valence-corrected chi connectivity index (χ2v) is 9.43. The van der Waals surface area contributed by atoms with Gasteiger partial charge in [0.05, 0.1) is 18.2 Å². The maximum atomic E-state index is 12.6. The molecule has 1 saturated heterocycles. The van der Waals surface area contributed by atoms with Crippen LogP contribution in [0.25, 0.3) is 10.2 Å². The summed E-state index contributed by atoms with van der Waals surface area (Å²) in [6.45, 7) is 3.60. The lowest BCUT2D eigenvalue weighted by Crippen LogP contribution is -2.49. The monoisotopic (exact) mass is 425 g/mol. The van der Waals surface area contributed by atoms with Gasteiger partial charge in [0.1, 0.15) is 16.5 Å². The first-order chi connectivity index (χ1) is 14.6. The van der Waals surface area contributed by atoms with Crippen LogP contribution in [0.3, 0.4) is 0 Å². The number of anilines is 1. The van der Waals surface area contributed by atoms with Crippen molar-refractivity contribution in [3.8, 4) is 0 Å². The molecule has 30 heavy (non-hydrogen) atoms. The zero-order chi connectivity index (χ0) is 20.7. The molecule has 4 heterocycles. The first kappa shape index (κ1) is 19.5. The Kier molecular flexibility index (Phi) is 5.20. The summed E-state index contributed by atoms with van der Waals surface area (Å²) in [6.07, 6.45) is 6.33. The molecule has 2 aliphatic rings. The van der Waals surface area contributed by atoms with Gasteiger partial charge in [-0.1, -0.05) is 0 Å². The van der Waals surface area contributed by atoms with Crippen LogP contribution in [-0.2, 0) is 19.4 Å². The Bertz CT molecular complexity index is 1050. The third-order valence-electron chi connectivity index (χ3n) is 5.90. The van der Waals surface area contributed by atoms with Crippen LogP contribution in [0.2, 0.25) is 0 Å². The summed E-state index contributed by atoms with van der Waals surface area (Å²) < 4.78 is 5.29. The average molecular weight is 426 g/mol. The summed E-state index contributed by atoms with van der Waals surface area (Å²) in [7, 11) is 4.09. The summed E-state index contributed by atoms with van der Waals surface area (Å²) in [5, 5.41) is 1.25. The van der Waals surface area contributed by atoms with E-state index in [2.05, 4.69) is 9.80 Å². The number of furan rings is 1. The van der Waals surface area contributed by atoms with E-state index in [1.807, 2.05) is 30.3 Å². The highest BCUT2D eigenvalue weighted by Crippen LogP contribution is 2.40. The van der Waals surface area contributed by atoms with Gasteiger partial charge in [-0.3, -0.25) is 4.79 Å². The molecule has 0 atom stereocenters. The van der Waals surface area contributed by atoms with Crippen molar-refractivity contribution in [1.29, 1.82) is 0 Å². The molecule has 1 fully saturated rings. The molecule has 0 unspecified atom stereocenters. The Balaban J connectivity index is 1.45. The quantitative estimate of drug-likeness (QED) is 0.640. The van der Waals surface area contributed by atoms with Gasteiger partial charge >= 0.3 is 0 Å². The Morgan fingerprint density at radius 3 is 2.70 bits per heavy atom. The minimum absolute atomic E-state index is 0.0336. The van der Waals surface area contributed by atoms with Gasteiger partial charge in [0.25, 0.3) is 5.91 Å². The van der Waals surface area contributed by atoms with Crippen molar-refractivity contribution in [2.45, 2.75) is 32.2 Å². The lowest BCUT2D eigenvalue weighted by atomic mass is 9.97. The van der Waals surface area contributed by atoms with Crippen molar-refractivity contribution >= 4 is 33.3 Å². The topological polar surface area (TPSA) is 65.7 Å². The van der Waals surface area contributed by atoms with Crippen molar-refractivity contribution in [3.63, 3.8) is 0 Å². The standard InChI is InChI=1S/C22H27N5O2S/c1-25(2)14-18-23-20(19-15-6-3-4-8-17(15)30-21(19)24-18)26-9-11-27(12-10-26)22(28)16-7-5-13-29-16/h5,7,13H,3-4,6,8-12,14H2,1-2H3. The van der Waals surface area contributed by atoms with E-state index in [9.17, 15) is 4.79 Å². The van der Waals surface area contributed by atoms with Gasteiger partial charge in [0, 0.05) is 31.1 Å². The number of nitrogens with zero attached hydrogens (tertiary/aromatic N) is 5. The van der Waals surface area contributed by atoms with Crippen LogP contribution in [0, 0.1) is 0 Å². The molecule has 1 aliphatic heterocycles. The zero-order valence-corrected chi connectivity index (χ0v) is 18.4. The van der Waals surface area contributed by atoms with Gasteiger partial charge in [0.2, 0.25) is 0 Å². The number of hydrogen-bond acceptors (Lipinski definition) is 7. The van der Waals surface area contributed by atoms with Crippen molar-refractivity contribution < 1.29 is 9.21 Å². The van der Waals surface area contributed by atoms with E-state index in [0.717, 1.165) is 48.9 Å². The molecule has 0 spiro atoms. The molecule has 0 saturated carbocycles. The van der Waals surface area contributed by atoms with E-state index in [-0.39, 0.29) is 5.91 Å². The summed E-state index contributed by atoms with van der Waals surface area (Å²) >= 11 is 1.85. The molecule has 0 aromatic carbocycles.